The summed E-state index contributed by atoms with van der Waals surface area (Å²) in [5, 5.41) is 3.81. The Hall–Kier alpha value is -2.77. The summed E-state index contributed by atoms with van der Waals surface area (Å²) < 4.78 is 5.32. The van der Waals surface area contributed by atoms with Crippen molar-refractivity contribution in [2.75, 3.05) is 51.3 Å². The van der Waals surface area contributed by atoms with E-state index in [4.69, 9.17) is 21.3 Å². The summed E-state index contributed by atoms with van der Waals surface area (Å²) in [6.45, 7) is 5.75. The Balaban J connectivity index is 1.21. The van der Waals surface area contributed by atoms with Crippen molar-refractivity contribution in [1.29, 1.82) is 0 Å². The minimum absolute atomic E-state index is 0.0898. The summed E-state index contributed by atoms with van der Waals surface area (Å²) in [5.41, 5.74) is 3.75. The number of anilines is 1. The number of rotatable bonds is 7. The number of nitrogens with zero attached hydrogens (tertiary/aromatic N) is 3. The lowest BCUT2D eigenvalue weighted by molar-refractivity contribution is -0.125. The second-order valence-corrected chi connectivity index (χ2v) is 9.64. The maximum atomic E-state index is 12.6. The fourth-order valence-electron chi connectivity index (χ4n) is 5.02. The highest BCUT2D eigenvalue weighted by atomic mass is 35.5. The number of hydrogen-bond acceptors (Lipinski definition) is 5. The van der Waals surface area contributed by atoms with E-state index in [-0.39, 0.29) is 11.8 Å². The van der Waals surface area contributed by atoms with E-state index >= 15 is 0 Å². The molecule has 3 heterocycles. The second-order valence-electron chi connectivity index (χ2n) is 9.23. The van der Waals surface area contributed by atoms with Crippen molar-refractivity contribution in [3.8, 4) is 17.1 Å². The average Bonchev–Trinajstić information content (AvgIpc) is 3.53. The number of carbonyl (C=O) groups excluding carboxylic acids is 1. The van der Waals surface area contributed by atoms with E-state index in [0.29, 0.717) is 5.02 Å². The lowest BCUT2D eigenvalue weighted by atomic mass is 9.95. The molecule has 0 spiro atoms. The van der Waals surface area contributed by atoms with Crippen LogP contribution in [0, 0.1) is 5.92 Å². The smallest absolute Gasteiger partial charge is 0.223 e. The predicted molar refractivity (Wildman–Crippen MR) is 137 cm³/mol. The van der Waals surface area contributed by atoms with Crippen molar-refractivity contribution < 1.29 is 9.53 Å². The summed E-state index contributed by atoms with van der Waals surface area (Å²) in [7, 11) is 1.65. The molecular formula is C26H32ClN5O2. The SMILES string of the molecule is COc1ccc2nc(-c3cc(N4CCC(C(=O)NCCN5CCCC5)CC4)ccc3Cl)[nH]c2c1. The fraction of sp³-hybridized carbons (Fsp3) is 0.462. The molecule has 8 heteroatoms. The minimum Gasteiger partial charge on any atom is -0.497 e. The topological polar surface area (TPSA) is 73.5 Å². The number of hydrogen-bond donors (Lipinski definition) is 2. The molecule has 5 rings (SSSR count). The maximum absolute atomic E-state index is 12.6. The molecule has 2 aliphatic heterocycles. The molecule has 2 aliphatic rings. The highest BCUT2D eigenvalue weighted by molar-refractivity contribution is 6.33. The van der Waals surface area contributed by atoms with Gasteiger partial charge in [0.2, 0.25) is 5.91 Å². The van der Waals surface area contributed by atoms with Crippen LogP contribution < -0.4 is 15.0 Å². The highest BCUT2D eigenvalue weighted by Crippen LogP contribution is 2.33. The number of likely N-dealkylation sites (tertiary alicyclic amines) is 1. The van der Waals surface area contributed by atoms with E-state index in [2.05, 4.69) is 26.2 Å². The molecule has 0 atom stereocenters. The number of benzene rings is 2. The first kappa shape index (κ1) is 23.0. The molecule has 2 saturated heterocycles. The van der Waals surface area contributed by atoms with Crippen molar-refractivity contribution in [3.63, 3.8) is 0 Å². The third kappa shape index (κ3) is 5.00. The Morgan fingerprint density at radius 3 is 2.71 bits per heavy atom. The van der Waals surface area contributed by atoms with Crippen molar-refractivity contribution in [1.82, 2.24) is 20.2 Å². The van der Waals surface area contributed by atoms with E-state index in [1.807, 2.05) is 30.3 Å². The van der Waals surface area contributed by atoms with Crippen LogP contribution in [-0.2, 0) is 4.79 Å². The van der Waals surface area contributed by atoms with Crippen molar-refractivity contribution in [2.45, 2.75) is 25.7 Å². The van der Waals surface area contributed by atoms with Gasteiger partial charge in [0.05, 0.1) is 23.2 Å². The van der Waals surface area contributed by atoms with Crippen LogP contribution in [0.15, 0.2) is 36.4 Å². The zero-order chi connectivity index (χ0) is 23.5. The number of halogens is 1. The van der Waals surface area contributed by atoms with Crippen LogP contribution in [0.1, 0.15) is 25.7 Å². The van der Waals surface area contributed by atoms with Gasteiger partial charge in [-0.3, -0.25) is 4.79 Å². The van der Waals surface area contributed by atoms with Gasteiger partial charge in [-0.05, 0) is 69.1 Å². The van der Waals surface area contributed by atoms with Gasteiger partial charge in [0.15, 0.2) is 0 Å². The van der Waals surface area contributed by atoms with E-state index in [1.165, 1.54) is 25.9 Å². The van der Waals surface area contributed by atoms with Gasteiger partial charge in [-0.2, -0.15) is 0 Å². The van der Waals surface area contributed by atoms with Gasteiger partial charge in [0.1, 0.15) is 11.6 Å². The number of fused-ring (bicyclic) bond motifs is 1. The van der Waals surface area contributed by atoms with E-state index < -0.39 is 0 Å². The number of ether oxygens (including phenoxy) is 1. The third-order valence-corrected chi connectivity index (χ3v) is 7.38. The van der Waals surface area contributed by atoms with E-state index in [9.17, 15) is 4.79 Å². The monoisotopic (exact) mass is 481 g/mol. The number of imidazole rings is 1. The molecule has 1 aromatic heterocycles. The van der Waals surface area contributed by atoms with Gasteiger partial charge in [-0.15, -0.1) is 0 Å². The zero-order valence-electron chi connectivity index (χ0n) is 19.6. The summed E-state index contributed by atoms with van der Waals surface area (Å²) >= 11 is 6.56. The number of H-pyrrole nitrogens is 1. The van der Waals surface area contributed by atoms with Crippen LogP contribution in [0.4, 0.5) is 5.69 Å². The Morgan fingerprint density at radius 1 is 1.15 bits per heavy atom. The zero-order valence-corrected chi connectivity index (χ0v) is 20.4. The lowest BCUT2D eigenvalue weighted by Crippen LogP contribution is -2.42. The standard InChI is InChI=1S/C26H32ClN5O2/c1-34-20-5-7-23-24(17-20)30-25(29-23)21-16-19(4-6-22(21)27)32-13-8-18(9-14-32)26(33)28-10-15-31-11-2-3-12-31/h4-7,16-18H,2-3,8-15H2,1H3,(H,28,33)(H,29,30). The molecule has 2 fully saturated rings. The maximum Gasteiger partial charge on any atom is 0.223 e. The number of aromatic nitrogens is 2. The molecule has 0 bridgehead atoms. The molecule has 1 amide bonds. The fourth-order valence-corrected chi connectivity index (χ4v) is 5.23. The van der Waals surface area contributed by atoms with Gasteiger partial charge in [0.25, 0.3) is 0 Å². The summed E-state index contributed by atoms with van der Waals surface area (Å²) in [6, 6.07) is 11.8. The molecule has 0 aliphatic carbocycles. The largest absolute Gasteiger partial charge is 0.497 e. The number of carbonyl (C=O) groups is 1. The van der Waals surface area contributed by atoms with Crippen LogP contribution >= 0.6 is 11.6 Å². The molecule has 3 aromatic rings. The second kappa shape index (κ2) is 10.2. The molecule has 34 heavy (non-hydrogen) atoms. The Labute approximate surface area is 205 Å². The van der Waals surface area contributed by atoms with Crippen LogP contribution in [-0.4, -0.2) is 67.2 Å². The molecule has 2 aromatic carbocycles. The van der Waals surface area contributed by atoms with Crippen molar-refractivity contribution in [3.05, 3.63) is 41.4 Å². The predicted octanol–water partition coefficient (Wildman–Crippen LogP) is 4.32. The number of amides is 1. The van der Waals surface area contributed by atoms with Crippen molar-refractivity contribution >= 4 is 34.2 Å². The Kier molecular flexibility index (Phi) is 6.92. The summed E-state index contributed by atoms with van der Waals surface area (Å²) in [4.78, 5) is 25.5. The quantitative estimate of drug-likeness (QED) is 0.525. The molecular weight excluding hydrogens is 450 g/mol. The number of piperidine rings is 1. The molecule has 2 N–H and O–H groups in total. The average molecular weight is 482 g/mol. The number of methoxy groups -OCH3 is 1. The van der Waals surface area contributed by atoms with Crippen LogP contribution in [0.3, 0.4) is 0 Å². The lowest BCUT2D eigenvalue weighted by Gasteiger charge is -2.33. The Bertz CT molecular complexity index is 1150. The van der Waals surface area contributed by atoms with Gasteiger partial charge in [0, 0.05) is 49.4 Å². The van der Waals surface area contributed by atoms with Crippen molar-refractivity contribution in [2.24, 2.45) is 5.92 Å². The molecule has 0 saturated carbocycles. The minimum atomic E-state index is 0.0898. The summed E-state index contributed by atoms with van der Waals surface area (Å²) in [5.74, 6) is 1.81. The van der Waals surface area contributed by atoms with Crippen LogP contribution in [0.5, 0.6) is 5.75 Å². The summed E-state index contributed by atoms with van der Waals surface area (Å²) in [6.07, 6.45) is 4.28. The Morgan fingerprint density at radius 2 is 1.94 bits per heavy atom. The molecule has 0 unspecified atom stereocenters. The molecule has 0 radical (unpaired) electrons. The van der Waals surface area contributed by atoms with Crippen LogP contribution in [0.2, 0.25) is 5.02 Å². The molecule has 7 nitrogen and oxygen atoms in total. The van der Waals surface area contributed by atoms with Gasteiger partial charge in [-0.25, -0.2) is 4.98 Å². The van der Waals surface area contributed by atoms with Gasteiger partial charge < -0.3 is 24.8 Å². The van der Waals surface area contributed by atoms with Gasteiger partial charge >= 0.3 is 0 Å². The molecule has 180 valence electrons. The first-order chi connectivity index (χ1) is 16.6. The first-order valence-electron chi connectivity index (χ1n) is 12.2. The highest BCUT2D eigenvalue weighted by Gasteiger charge is 2.25. The van der Waals surface area contributed by atoms with Gasteiger partial charge in [-0.1, -0.05) is 11.6 Å². The van der Waals surface area contributed by atoms with E-state index in [0.717, 1.165) is 72.9 Å². The van der Waals surface area contributed by atoms with Crippen LogP contribution in [0.25, 0.3) is 22.4 Å². The number of aromatic amines is 1. The normalized spacial score (nSPS) is 17.4. The first-order valence-corrected chi connectivity index (χ1v) is 12.6. The third-order valence-electron chi connectivity index (χ3n) is 7.05. The number of nitrogens with one attached hydrogen (secondary N) is 2. The van der Waals surface area contributed by atoms with E-state index in [1.54, 1.807) is 7.11 Å².